The summed E-state index contributed by atoms with van der Waals surface area (Å²) in [4.78, 5) is 10.9. The van der Waals surface area contributed by atoms with E-state index in [-0.39, 0.29) is 16.8 Å². The van der Waals surface area contributed by atoms with Crippen LogP contribution in [0, 0.1) is 23.6 Å². The zero-order valence-corrected chi connectivity index (χ0v) is 12.3. The second kappa shape index (κ2) is 5.85. The molecule has 2 saturated carbocycles. The average molecular weight is 295 g/mol. The van der Waals surface area contributed by atoms with Gasteiger partial charge < -0.3 is 4.79 Å². The van der Waals surface area contributed by atoms with Gasteiger partial charge in [0.05, 0.1) is 5.02 Å². The standard InChI is InChI=1S/C17H20ClFO/c18-16-6-5-15(9-17(16)19)14-4-3-12-7-11(10-20)1-2-13(12)8-14/h5-6,9-14H,1-4,7-8H2. The highest BCUT2D eigenvalue weighted by Gasteiger charge is 2.35. The number of halogens is 2. The Morgan fingerprint density at radius 2 is 1.85 bits per heavy atom. The van der Waals surface area contributed by atoms with Crippen LogP contribution >= 0.6 is 11.6 Å². The van der Waals surface area contributed by atoms with Crippen molar-refractivity contribution < 1.29 is 9.18 Å². The van der Waals surface area contributed by atoms with E-state index in [4.69, 9.17) is 11.6 Å². The van der Waals surface area contributed by atoms with Crippen LogP contribution in [0.25, 0.3) is 0 Å². The van der Waals surface area contributed by atoms with Crippen molar-refractivity contribution in [3.8, 4) is 0 Å². The maximum absolute atomic E-state index is 13.6. The summed E-state index contributed by atoms with van der Waals surface area (Å²) in [7, 11) is 0. The molecular formula is C17H20ClFO. The van der Waals surface area contributed by atoms with Crippen molar-refractivity contribution in [3.05, 3.63) is 34.6 Å². The predicted molar refractivity (Wildman–Crippen MR) is 78.4 cm³/mol. The van der Waals surface area contributed by atoms with E-state index in [0.29, 0.717) is 17.8 Å². The van der Waals surface area contributed by atoms with Crippen LogP contribution in [-0.4, -0.2) is 6.29 Å². The van der Waals surface area contributed by atoms with Gasteiger partial charge in [-0.25, -0.2) is 4.39 Å². The van der Waals surface area contributed by atoms with E-state index in [2.05, 4.69) is 0 Å². The molecule has 2 fully saturated rings. The summed E-state index contributed by atoms with van der Waals surface area (Å²) in [6.07, 6.45) is 7.80. The van der Waals surface area contributed by atoms with Crippen molar-refractivity contribution in [3.63, 3.8) is 0 Å². The molecule has 0 aromatic heterocycles. The summed E-state index contributed by atoms with van der Waals surface area (Å²) in [5.41, 5.74) is 1.09. The highest BCUT2D eigenvalue weighted by molar-refractivity contribution is 6.30. The topological polar surface area (TPSA) is 17.1 Å². The Labute approximate surface area is 124 Å². The van der Waals surface area contributed by atoms with Crippen LogP contribution in [0.2, 0.25) is 5.02 Å². The molecule has 108 valence electrons. The SMILES string of the molecule is O=CC1CCC2CC(c3ccc(Cl)c(F)c3)CCC2C1. The van der Waals surface area contributed by atoms with Crippen LogP contribution in [0.3, 0.4) is 0 Å². The van der Waals surface area contributed by atoms with E-state index in [1.165, 1.54) is 6.42 Å². The molecule has 20 heavy (non-hydrogen) atoms. The van der Waals surface area contributed by atoms with Crippen molar-refractivity contribution >= 4 is 17.9 Å². The number of fused-ring (bicyclic) bond motifs is 1. The zero-order valence-electron chi connectivity index (χ0n) is 11.5. The Balaban J connectivity index is 1.70. The van der Waals surface area contributed by atoms with Gasteiger partial charge in [-0.05, 0) is 74.0 Å². The molecular weight excluding hydrogens is 275 g/mol. The van der Waals surface area contributed by atoms with Crippen LogP contribution in [0.5, 0.6) is 0 Å². The van der Waals surface area contributed by atoms with Gasteiger partial charge in [0.2, 0.25) is 0 Å². The zero-order chi connectivity index (χ0) is 14.1. The molecule has 0 saturated heterocycles. The van der Waals surface area contributed by atoms with Gasteiger partial charge >= 0.3 is 0 Å². The van der Waals surface area contributed by atoms with Gasteiger partial charge in [-0.1, -0.05) is 17.7 Å². The fourth-order valence-corrected chi connectivity index (χ4v) is 4.24. The summed E-state index contributed by atoms with van der Waals surface area (Å²) < 4.78 is 13.6. The molecule has 0 aliphatic heterocycles. The molecule has 1 aromatic carbocycles. The average Bonchev–Trinajstić information content (AvgIpc) is 2.49. The number of aldehydes is 1. The largest absolute Gasteiger partial charge is 0.303 e. The van der Waals surface area contributed by atoms with Gasteiger partial charge in [-0.15, -0.1) is 0 Å². The molecule has 2 aliphatic carbocycles. The summed E-state index contributed by atoms with van der Waals surface area (Å²) in [6.45, 7) is 0. The van der Waals surface area contributed by atoms with E-state index < -0.39 is 0 Å². The first-order valence-corrected chi connectivity index (χ1v) is 7.95. The van der Waals surface area contributed by atoms with Gasteiger partial charge in [0.1, 0.15) is 12.1 Å². The fraction of sp³-hybridized carbons (Fsp3) is 0.588. The molecule has 3 rings (SSSR count). The summed E-state index contributed by atoms with van der Waals surface area (Å²) in [5.74, 6) is 1.84. The maximum Gasteiger partial charge on any atom is 0.142 e. The van der Waals surface area contributed by atoms with E-state index in [1.807, 2.05) is 6.07 Å². The highest BCUT2D eigenvalue weighted by atomic mass is 35.5. The fourth-order valence-electron chi connectivity index (χ4n) is 4.12. The lowest BCUT2D eigenvalue weighted by Gasteiger charge is -2.41. The molecule has 4 unspecified atom stereocenters. The minimum Gasteiger partial charge on any atom is -0.303 e. The van der Waals surface area contributed by atoms with E-state index in [1.54, 1.807) is 12.1 Å². The Kier molecular flexibility index (Phi) is 4.11. The number of benzene rings is 1. The van der Waals surface area contributed by atoms with E-state index in [9.17, 15) is 9.18 Å². The number of carbonyl (C=O) groups is 1. The summed E-state index contributed by atoms with van der Waals surface area (Å²) in [5, 5.41) is 0.203. The summed E-state index contributed by atoms with van der Waals surface area (Å²) >= 11 is 5.75. The minimum atomic E-state index is -0.309. The number of carbonyl (C=O) groups excluding carboxylic acids is 1. The maximum atomic E-state index is 13.6. The third-order valence-electron chi connectivity index (χ3n) is 5.26. The Bertz CT molecular complexity index is 502. The van der Waals surface area contributed by atoms with Gasteiger partial charge in [-0.2, -0.15) is 0 Å². The Hall–Kier alpha value is -0.890. The van der Waals surface area contributed by atoms with Gasteiger partial charge in [0.25, 0.3) is 0 Å². The molecule has 0 bridgehead atoms. The van der Waals surface area contributed by atoms with Crippen LogP contribution in [0.15, 0.2) is 18.2 Å². The molecule has 2 aliphatic rings. The van der Waals surface area contributed by atoms with Gasteiger partial charge in [-0.3, -0.25) is 0 Å². The van der Waals surface area contributed by atoms with Crippen LogP contribution < -0.4 is 0 Å². The third-order valence-corrected chi connectivity index (χ3v) is 5.57. The van der Waals surface area contributed by atoms with Crippen molar-refractivity contribution in [2.24, 2.45) is 17.8 Å². The Morgan fingerprint density at radius 3 is 2.60 bits per heavy atom. The highest BCUT2D eigenvalue weighted by Crippen LogP contribution is 2.47. The third kappa shape index (κ3) is 2.76. The van der Waals surface area contributed by atoms with Crippen LogP contribution in [0.4, 0.5) is 4.39 Å². The molecule has 0 N–H and O–H groups in total. The lowest BCUT2D eigenvalue weighted by atomic mass is 9.64. The lowest BCUT2D eigenvalue weighted by molar-refractivity contribution is -0.113. The number of hydrogen-bond donors (Lipinski definition) is 0. The second-order valence-corrected chi connectivity index (χ2v) is 6.82. The van der Waals surface area contributed by atoms with Gasteiger partial charge in [0.15, 0.2) is 0 Å². The summed E-state index contributed by atoms with van der Waals surface area (Å²) in [6, 6.07) is 5.24. The van der Waals surface area contributed by atoms with Crippen molar-refractivity contribution in [1.29, 1.82) is 0 Å². The van der Waals surface area contributed by atoms with E-state index >= 15 is 0 Å². The first-order chi connectivity index (χ1) is 9.67. The van der Waals surface area contributed by atoms with Crippen LogP contribution in [-0.2, 0) is 4.79 Å². The molecule has 1 aromatic rings. The quantitative estimate of drug-likeness (QED) is 0.703. The monoisotopic (exact) mass is 294 g/mol. The molecule has 0 heterocycles. The number of rotatable bonds is 2. The van der Waals surface area contributed by atoms with Crippen molar-refractivity contribution in [2.45, 2.75) is 44.4 Å². The van der Waals surface area contributed by atoms with Crippen molar-refractivity contribution in [1.82, 2.24) is 0 Å². The molecule has 0 amide bonds. The second-order valence-electron chi connectivity index (χ2n) is 6.41. The molecule has 0 spiro atoms. The van der Waals surface area contributed by atoms with E-state index in [0.717, 1.165) is 44.0 Å². The van der Waals surface area contributed by atoms with Crippen molar-refractivity contribution in [2.75, 3.05) is 0 Å². The Morgan fingerprint density at radius 1 is 1.10 bits per heavy atom. The minimum absolute atomic E-state index is 0.203. The molecule has 0 radical (unpaired) electrons. The first-order valence-electron chi connectivity index (χ1n) is 7.57. The number of hydrogen-bond acceptors (Lipinski definition) is 1. The lowest BCUT2D eigenvalue weighted by Crippen LogP contribution is -2.30. The molecule has 3 heteroatoms. The first kappa shape index (κ1) is 14.1. The van der Waals surface area contributed by atoms with Gasteiger partial charge in [0, 0.05) is 5.92 Å². The molecule has 4 atom stereocenters. The smallest absolute Gasteiger partial charge is 0.142 e. The molecule has 1 nitrogen and oxygen atoms in total. The normalized spacial score (nSPS) is 33.5. The predicted octanol–water partition coefficient (Wildman–Crippen LogP) is 4.98. The van der Waals surface area contributed by atoms with Crippen LogP contribution in [0.1, 0.15) is 50.0 Å².